The molecule has 1 aliphatic rings. The van der Waals surface area contributed by atoms with Gasteiger partial charge in [-0.1, -0.05) is 12.1 Å². The molecule has 0 aromatic heterocycles. The number of morpholine rings is 1. The van der Waals surface area contributed by atoms with Crippen molar-refractivity contribution < 1.29 is 14.3 Å². The molecular formula is C14H21ClN2O3. The molecule has 1 heterocycles. The van der Waals surface area contributed by atoms with Crippen molar-refractivity contribution in [3.63, 3.8) is 0 Å². The number of hydrogen-bond donors (Lipinski definition) is 2. The number of methoxy groups -OCH3 is 1. The van der Waals surface area contributed by atoms with E-state index in [9.17, 15) is 4.79 Å². The fourth-order valence-electron chi connectivity index (χ4n) is 2.03. The van der Waals surface area contributed by atoms with E-state index in [0.29, 0.717) is 13.2 Å². The lowest BCUT2D eigenvalue weighted by molar-refractivity contribution is -0.134. The van der Waals surface area contributed by atoms with E-state index in [1.165, 1.54) is 0 Å². The molecule has 20 heavy (non-hydrogen) atoms. The van der Waals surface area contributed by atoms with Crippen LogP contribution in [0, 0.1) is 0 Å². The van der Waals surface area contributed by atoms with Crippen LogP contribution in [0.4, 0.5) is 0 Å². The highest BCUT2D eigenvalue weighted by molar-refractivity contribution is 5.85. The van der Waals surface area contributed by atoms with Crippen molar-refractivity contribution in [2.75, 3.05) is 26.8 Å². The van der Waals surface area contributed by atoms with Crippen molar-refractivity contribution in [2.45, 2.75) is 19.1 Å². The molecule has 1 saturated heterocycles. The summed E-state index contributed by atoms with van der Waals surface area (Å²) in [6.45, 7) is 3.89. The molecule has 0 saturated carbocycles. The first-order valence-electron chi connectivity index (χ1n) is 6.47. The van der Waals surface area contributed by atoms with Gasteiger partial charge in [0.25, 0.3) is 5.91 Å². The number of halogens is 1. The second-order valence-corrected chi connectivity index (χ2v) is 4.57. The number of carbonyl (C=O) groups is 1. The van der Waals surface area contributed by atoms with Crippen LogP contribution in [0.2, 0.25) is 0 Å². The van der Waals surface area contributed by atoms with Crippen LogP contribution in [-0.2, 0) is 9.53 Å². The van der Waals surface area contributed by atoms with Crippen LogP contribution in [-0.4, -0.2) is 38.8 Å². The topological polar surface area (TPSA) is 59.6 Å². The zero-order valence-electron chi connectivity index (χ0n) is 11.7. The molecule has 1 amide bonds. The summed E-state index contributed by atoms with van der Waals surface area (Å²) in [6.07, 6.45) is -0.401. The predicted molar refractivity (Wildman–Crippen MR) is 79.4 cm³/mol. The number of carbonyl (C=O) groups excluding carboxylic acids is 1. The molecule has 1 aliphatic heterocycles. The fourth-order valence-corrected chi connectivity index (χ4v) is 2.03. The van der Waals surface area contributed by atoms with Crippen LogP contribution in [0.15, 0.2) is 24.3 Å². The number of amides is 1. The lowest BCUT2D eigenvalue weighted by atomic mass is 10.1. The molecule has 0 aliphatic carbocycles. The first-order chi connectivity index (χ1) is 9.20. The van der Waals surface area contributed by atoms with E-state index >= 15 is 0 Å². The van der Waals surface area contributed by atoms with Crippen molar-refractivity contribution >= 4 is 18.3 Å². The number of rotatable bonds is 4. The van der Waals surface area contributed by atoms with E-state index in [1.807, 2.05) is 31.2 Å². The van der Waals surface area contributed by atoms with E-state index in [2.05, 4.69) is 10.6 Å². The fraction of sp³-hybridized carbons (Fsp3) is 0.500. The molecule has 1 aromatic carbocycles. The molecule has 1 fully saturated rings. The third-order valence-electron chi connectivity index (χ3n) is 3.17. The van der Waals surface area contributed by atoms with E-state index in [0.717, 1.165) is 17.9 Å². The molecule has 2 N–H and O–H groups in total. The molecule has 6 heteroatoms. The Labute approximate surface area is 125 Å². The summed E-state index contributed by atoms with van der Waals surface area (Å²) in [5, 5.41) is 6.10. The van der Waals surface area contributed by atoms with Gasteiger partial charge in [-0.2, -0.15) is 0 Å². The van der Waals surface area contributed by atoms with Gasteiger partial charge in [-0.3, -0.25) is 4.79 Å². The van der Waals surface area contributed by atoms with Gasteiger partial charge in [-0.15, -0.1) is 12.4 Å². The lowest BCUT2D eigenvalue weighted by Gasteiger charge is -2.24. The normalized spacial score (nSPS) is 19.6. The Morgan fingerprint density at radius 1 is 1.55 bits per heavy atom. The van der Waals surface area contributed by atoms with Crippen LogP contribution in [0.5, 0.6) is 5.75 Å². The molecule has 2 rings (SSSR count). The molecule has 5 nitrogen and oxygen atoms in total. The number of hydrogen-bond acceptors (Lipinski definition) is 4. The van der Waals surface area contributed by atoms with Crippen LogP contribution in [0.1, 0.15) is 18.5 Å². The summed E-state index contributed by atoms with van der Waals surface area (Å²) in [7, 11) is 1.63. The van der Waals surface area contributed by atoms with Gasteiger partial charge in [0, 0.05) is 13.1 Å². The average molecular weight is 301 g/mol. The van der Waals surface area contributed by atoms with Gasteiger partial charge < -0.3 is 20.1 Å². The smallest absolute Gasteiger partial charge is 0.250 e. The highest BCUT2D eigenvalue weighted by atomic mass is 35.5. The van der Waals surface area contributed by atoms with Crippen molar-refractivity contribution in [3.05, 3.63) is 29.8 Å². The minimum atomic E-state index is -0.401. The van der Waals surface area contributed by atoms with Gasteiger partial charge in [0.1, 0.15) is 11.9 Å². The zero-order valence-corrected chi connectivity index (χ0v) is 12.5. The molecule has 0 radical (unpaired) electrons. The standard InChI is InChI=1S/C14H20N2O3.ClH/c1-10(11-4-3-5-12(8-11)18-2)16-14(17)13-9-15-6-7-19-13;/h3-5,8,10,13,15H,6-7,9H2,1-2H3,(H,16,17);1H. The van der Waals surface area contributed by atoms with Gasteiger partial charge in [0.05, 0.1) is 19.8 Å². The van der Waals surface area contributed by atoms with Crippen molar-refractivity contribution in [2.24, 2.45) is 0 Å². The monoisotopic (exact) mass is 300 g/mol. The Morgan fingerprint density at radius 3 is 3.00 bits per heavy atom. The first-order valence-corrected chi connectivity index (χ1v) is 6.47. The Morgan fingerprint density at radius 2 is 2.35 bits per heavy atom. The zero-order chi connectivity index (χ0) is 13.7. The van der Waals surface area contributed by atoms with Crippen molar-refractivity contribution in [3.8, 4) is 5.75 Å². The Bertz CT molecular complexity index is 436. The molecule has 2 unspecified atom stereocenters. The highest BCUT2D eigenvalue weighted by Gasteiger charge is 2.23. The molecule has 0 bridgehead atoms. The van der Waals surface area contributed by atoms with Crippen LogP contribution < -0.4 is 15.4 Å². The van der Waals surface area contributed by atoms with Gasteiger partial charge >= 0.3 is 0 Å². The molecular weight excluding hydrogens is 280 g/mol. The summed E-state index contributed by atoms with van der Waals surface area (Å²) in [5.41, 5.74) is 1.01. The Hall–Kier alpha value is -1.30. The molecule has 2 atom stereocenters. The maximum Gasteiger partial charge on any atom is 0.250 e. The summed E-state index contributed by atoms with van der Waals surface area (Å²) < 4.78 is 10.6. The number of ether oxygens (including phenoxy) is 2. The largest absolute Gasteiger partial charge is 0.497 e. The second kappa shape index (κ2) is 8.09. The molecule has 0 spiro atoms. The van der Waals surface area contributed by atoms with Gasteiger partial charge in [0.15, 0.2) is 0 Å². The number of nitrogens with one attached hydrogen (secondary N) is 2. The van der Waals surface area contributed by atoms with E-state index < -0.39 is 6.10 Å². The number of benzene rings is 1. The minimum absolute atomic E-state index is 0. The van der Waals surface area contributed by atoms with Gasteiger partial charge in [-0.25, -0.2) is 0 Å². The van der Waals surface area contributed by atoms with Crippen molar-refractivity contribution in [1.82, 2.24) is 10.6 Å². The third-order valence-corrected chi connectivity index (χ3v) is 3.17. The second-order valence-electron chi connectivity index (χ2n) is 4.57. The van der Waals surface area contributed by atoms with Gasteiger partial charge in [0.2, 0.25) is 0 Å². The maximum atomic E-state index is 12.0. The van der Waals surface area contributed by atoms with Crippen LogP contribution in [0.3, 0.4) is 0 Å². The third kappa shape index (κ3) is 4.37. The summed E-state index contributed by atoms with van der Waals surface area (Å²) in [4.78, 5) is 12.0. The Balaban J connectivity index is 0.00000200. The Kier molecular flexibility index (Phi) is 6.78. The van der Waals surface area contributed by atoms with E-state index in [-0.39, 0.29) is 24.4 Å². The highest BCUT2D eigenvalue weighted by Crippen LogP contribution is 2.18. The summed E-state index contributed by atoms with van der Waals surface area (Å²) in [6, 6.07) is 7.60. The summed E-state index contributed by atoms with van der Waals surface area (Å²) >= 11 is 0. The summed E-state index contributed by atoms with van der Waals surface area (Å²) in [5.74, 6) is 0.705. The lowest BCUT2D eigenvalue weighted by Crippen LogP contribution is -2.48. The quantitative estimate of drug-likeness (QED) is 0.879. The van der Waals surface area contributed by atoms with Crippen molar-refractivity contribution in [1.29, 1.82) is 0 Å². The molecule has 112 valence electrons. The van der Waals surface area contributed by atoms with E-state index in [4.69, 9.17) is 9.47 Å². The SMILES string of the molecule is COc1cccc(C(C)NC(=O)C2CNCCO2)c1.Cl. The maximum absolute atomic E-state index is 12.0. The van der Waals surface area contributed by atoms with Crippen LogP contribution >= 0.6 is 12.4 Å². The minimum Gasteiger partial charge on any atom is -0.497 e. The first kappa shape index (κ1) is 16.8. The van der Waals surface area contributed by atoms with E-state index in [1.54, 1.807) is 7.11 Å². The average Bonchev–Trinajstić information content (AvgIpc) is 2.48. The van der Waals surface area contributed by atoms with Gasteiger partial charge in [-0.05, 0) is 24.6 Å². The predicted octanol–water partition coefficient (Wildman–Crippen LogP) is 1.28. The molecule has 1 aromatic rings. The van der Waals surface area contributed by atoms with Crippen LogP contribution in [0.25, 0.3) is 0 Å².